The van der Waals surface area contributed by atoms with Crippen LogP contribution in [0.5, 0.6) is 0 Å². The number of Topliss-reactive ketones (excluding diaryl/α,β-unsaturated/α-hetero) is 1. The zero-order chi connectivity index (χ0) is 23.2. The standard InChI is InChI=1S/C23H26N2O6/c1-14(24-22(29)31-23(2,3)4)19(26)15-9-8-10-16(13-15)20(27)25-18-12-7-6-11-17(18)21(28)30-5/h6-14H,1-5H3,(H,24,29)(H,25,27). The van der Waals surface area contributed by atoms with E-state index in [1.165, 1.54) is 26.2 Å². The smallest absolute Gasteiger partial charge is 0.408 e. The van der Waals surface area contributed by atoms with E-state index >= 15 is 0 Å². The van der Waals surface area contributed by atoms with Gasteiger partial charge in [0.2, 0.25) is 0 Å². The molecule has 164 valence electrons. The lowest BCUT2D eigenvalue weighted by Crippen LogP contribution is -2.41. The monoisotopic (exact) mass is 426 g/mol. The van der Waals surface area contributed by atoms with Crippen LogP contribution in [0.4, 0.5) is 10.5 Å². The van der Waals surface area contributed by atoms with E-state index in [-0.39, 0.29) is 28.2 Å². The van der Waals surface area contributed by atoms with Gasteiger partial charge in [0.15, 0.2) is 5.78 Å². The second-order valence-electron chi connectivity index (χ2n) is 7.80. The molecule has 0 aliphatic heterocycles. The minimum absolute atomic E-state index is 0.209. The molecule has 0 heterocycles. The van der Waals surface area contributed by atoms with Crippen LogP contribution in [0.1, 0.15) is 58.8 Å². The molecular weight excluding hydrogens is 400 g/mol. The molecule has 0 spiro atoms. The largest absolute Gasteiger partial charge is 0.465 e. The fourth-order valence-corrected chi connectivity index (χ4v) is 2.69. The number of para-hydroxylation sites is 1. The number of hydrogen-bond acceptors (Lipinski definition) is 6. The molecule has 0 fully saturated rings. The third kappa shape index (κ3) is 6.67. The molecule has 0 saturated heterocycles. The van der Waals surface area contributed by atoms with Crippen LogP contribution in [0.25, 0.3) is 0 Å². The van der Waals surface area contributed by atoms with E-state index < -0.39 is 29.6 Å². The molecule has 0 radical (unpaired) electrons. The molecule has 2 amide bonds. The summed E-state index contributed by atoms with van der Waals surface area (Å²) in [5.74, 6) is -1.46. The fourth-order valence-electron chi connectivity index (χ4n) is 2.69. The Morgan fingerprint density at radius 2 is 1.58 bits per heavy atom. The number of nitrogens with one attached hydrogen (secondary N) is 2. The van der Waals surface area contributed by atoms with Crippen molar-refractivity contribution in [1.29, 1.82) is 0 Å². The number of esters is 1. The van der Waals surface area contributed by atoms with Gasteiger partial charge in [-0.05, 0) is 52.0 Å². The third-order valence-corrected chi connectivity index (χ3v) is 4.12. The Kier molecular flexibility index (Phi) is 7.52. The molecule has 2 aromatic rings. The highest BCUT2D eigenvalue weighted by Crippen LogP contribution is 2.18. The molecular formula is C23H26N2O6. The Morgan fingerprint density at radius 1 is 0.935 bits per heavy atom. The maximum Gasteiger partial charge on any atom is 0.408 e. The summed E-state index contributed by atoms with van der Waals surface area (Å²) in [4.78, 5) is 49.2. The number of ether oxygens (including phenoxy) is 2. The number of hydrogen-bond donors (Lipinski definition) is 2. The Labute approximate surface area is 180 Å². The van der Waals surface area contributed by atoms with Gasteiger partial charge in [-0.25, -0.2) is 9.59 Å². The van der Waals surface area contributed by atoms with Gasteiger partial charge in [0, 0.05) is 11.1 Å². The third-order valence-electron chi connectivity index (χ3n) is 4.12. The molecule has 1 unspecified atom stereocenters. The minimum Gasteiger partial charge on any atom is -0.465 e. The number of benzene rings is 2. The quantitative estimate of drug-likeness (QED) is 0.537. The summed E-state index contributed by atoms with van der Waals surface area (Å²) in [6.45, 7) is 6.70. The first-order valence-electron chi connectivity index (χ1n) is 9.64. The van der Waals surface area contributed by atoms with Gasteiger partial charge in [-0.15, -0.1) is 0 Å². The van der Waals surface area contributed by atoms with Crippen molar-refractivity contribution in [2.45, 2.75) is 39.3 Å². The van der Waals surface area contributed by atoms with Crippen molar-refractivity contribution in [2.24, 2.45) is 0 Å². The predicted octanol–water partition coefficient (Wildman–Crippen LogP) is 3.82. The Morgan fingerprint density at radius 3 is 2.23 bits per heavy atom. The van der Waals surface area contributed by atoms with Crippen molar-refractivity contribution in [3.8, 4) is 0 Å². The van der Waals surface area contributed by atoms with Crippen LogP contribution in [0.3, 0.4) is 0 Å². The first kappa shape index (κ1) is 23.6. The van der Waals surface area contributed by atoms with E-state index in [2.05, 4.69) is 10.6 Å². The Balaban J connectivity index is 2.14. The number of alkyl carbamates (subject to hydrolysis) is 1. The summed E-state index contributed by atoms with van der Waals surface area (Å²) >= 11 is 0. The summed E-state index contributed by atoms with van der Waals surface area (Å²) in [5.41, 5.74) is 0.273. The fraction of sp³-hybridized carbons (Fsp3) is 0.304. The number of carbonyl (C=O) groups is 4. The van der Waals surface area contributed by atoms with Crippen LogP contribution < -0.4 is 10.6 Å². The van der Waals surface area contributed by atoms with Gasteiger partial charge in [-0.2, -0.15) is 0 Å². The Hall–Kier alpha value is -3.68. The van der Waals surface area contributed by atoms with Gasteiger partial charge in [0.25, 0.3) is 5.91 Å². The Bertz CT molecular complexity index is 994. The summed E-state index contributed by atoms with van der Waals surface area (Å²) in [6, 6.07) is 11.7. The van der Waals surface area contributed by atoms with Crippen molar-refractivity contribution in [1.82, 2.24) is 5.32 Å². The molecule has 0 saturated carbocycles. The summed E-state index contributed by atoms with van der Waals surface area (Å²) in [5, 5.41) is 5.14. The van der Waals surface area contributed by atoms with Crippen LogP contribution in [0, 0.1) is 0 Å². The molecule has 8 heteroatoms. The molecule has 0 aliphatic rings. The van der Waals surface area contributed by atoms with Gasteiger partial charge < -0.3 is 20.1 Å². The normalized spacial score (nSPS) is 11.8. The average Bonchev–Trinajstić information content (AvgIpc) is 2.71. The lowest BCUT2D eigenvalue weighted by Gasteiger charge is -2.21. The zero-order valence-corrected chi connectivity index (χ0v) is 18.1. The number of amides is 2. The van der Waals surface area contributed by atoms with E-state index in [1.807, 2.05) is 0 Å². The second kappa shape index (κ2) is 9.88. The van der Waals surface area contributed by atoms with Crippen molar-refractivity contribution >= 4 is 29.4 Å². The SMILES string of the molecule is COC(=O)c1ccccc1NC(=O)c1cccc(C(=O)C(C)NC(=O)OC(C)(C)C)c1. The van der Waals surface area contributed by atoms with Crippen molar-refractivity contribution in [3.05, 3.63) is 65.2 Å². The number of anilines is 1. The second-order valence-corrected chi connectivity index (χ2v) is 7.80. The first-order valence-corrected chi connectivity index (χ1v) is 9.64. The van der Waals surface area contributed by atoms with Gasteiger partial charge in [-0.3, -0.25) is 9.59 Å². The van der Waals surface area contributed by atoms with Crippen molar-refractivity contribution in [3.63, 3.8) is 0 Å². The minimum atomic E-state index is -0.854. The highest BCUT2D eigenvalue weighted by molar-refractivity contribution is 6.09. The lowest BCUT2D eigenvalue weighted by atomic mass is 10.0. The first-order chi connectivity index (χ1) is 14.5. The topological polar surface area (TPSA) is 111 Å². The van der Waals surface area contributed by atoms with Crippen LogP contribution >= 0.6 is 0 Å². The van der Waals surface area contributed by atoms with Crippen LogP contribution in [0.2, 0.25) is 0 Å². The summed E-state index contributed by atoms with van der Waals surface area (Å²) in [7, 11) is 1.25. The maximum atomic E-state index is 12.7. The van der Waals surface area contributed by atoms with E-state index in [4.69, 9.17) is 9.47 Å². The lowest BCUT2D eigenvalue weighted by molar-refractivity contribution is 0.0496. The predicted molar refractivity (Wildman–Crippen MR) is 115 cm³/mol. The highest BCUT2D eigenvalue weighted by Gasteiger charge is 2.22. The molecule has 8 nitrogen and oxygen atoms in total. The van der Waals surface area contributed by atoms with Crippen LogP contribution in [-0.2, 0) is 9.47 Å². The van der Waals surface area contributed by atoms with E-state index in [0.717, 1.165) is 0 Å². The molecule has 0 bridgehead atoms. The van der Waals surface area contributed by atoms with Gasteiger partial charge in [0.05, 0.1) is 24.4 Å². The molecule has 2 rings (SSSR count). The molecule has 31 heavy (non-hydrogen) atoms. The molecule has 2 aromatic carbocycles. The molecule has 0 aliphatic carbocycles. The van der Waals surface area contributed by atoms with Crippen molar-refractivity contribution in [2.75, 3.05) is 12.4 Å². The van der Waals surface area contributed by atoms with Gasteiger partial charge >= 0.3 is 12.1 Å². The average molecular weight is 426 g/mol. The maximum absolute atomic E-state index is 12.7. The molecule has 1 atom stereocenters. The number of ketones is 1. The van der Waals surface area contributed by atoms with E-state index in [9.17, 15) is 19.2 Å². The number of methoxy groups -OCH3 is 1. The number of rotatable bonds is 6. The van der Waals surface area contributed by atoms with Gasteiger partial charge in [-0.1, -0.05) is 24.3 Å². The summed E-state index contributed by atoms with van der Waals surface area (Å²) < 4.78 is 9.88. The van der Waals surface area contributed by atoms with Crippen LogP contribution in [0.15, 0.2) is 48.5 Å². The van der Waals surface area contributed by atoms with Gasteiger partial charge in [0.1, 0.15) is 5.60 Å². The zero-order valence-electron chi connectivity index (χ0n) is 18.1. The summed E-state index contributed by atoms with van der Waals surface area (Å²) in [6.07, 6.45) is -0.707. The molecule has 2 N–H and O–H groups in total. The van der Waals surface area contributed by atoms with Crippen molar-refractivity contribution < 1.29 is 28.7 Å². The van der Waals surface area contributed by atoms with E-state index in [1.54, 1.807) is 57.2 Å². The molecule has 0 aromatic heterocycles. The highest BCUT2D eigenvalue weighted by atomic mass is 16.6. The van der Waals surface area contributed by atoms with Crippen LogP contribution in [-0.4, -0.2) is 42.5 Å². The van der Waals surface area contributed by atoms with E-state index in [0.29, 0.717) is 0 Å². The number of carbonyl (C=O) groups excluding carboxylic acids is 4.